The first-order chi connectivity index (χ1) is 16.9. The van der Waals surface area contributed by atoms with Gasteiger partial charge in [0.25, 0.3) is 5.91 Å². The zero-order valence-electron chi connectivity index (χ0n) is 19.6. The van der Waals surface area contributed by atoms with Crippen LogP contribution < -0.4 is 10.2 Å². The van der Waals surface area contributed by atoms with Crippen molar-refractivity contribution in [3.63, 3.8) is 0 Å². The minimum Gasteiger partial charge on any atom is -0.379 e. The Morgan fingerprint density at radius 1 is 1.00 bits per heavy atom. The van der Waals surface area contributed by atoms with Crippen LogP contribution in [0.2, 0.25) is 0 Å². The van der Waals surface area contributed by atoms with E-state index in [1.807, 2.05) is 30.3 Å². The number of nitrogens with one attached hydrogen (secondary N) is 1. The van der Waals surface area contributed by atoms with Crippen LogP contribution in [0.5, 0.6) is 0 Å². The zero-order valence-corrected chi connectivity index (χ0v) is 20.4. The number of benzene rings is 2. The Morgan fingerprint density at radius 2 is 1.71 bits per heavy atom. The van der Waals surface area contributed by atoms with E-state index in [-0.39, 0.29) is 4.90 Å². The van der Waals surface area contributed by atoms with Crippen LogP contribution in [0.15, 0.2) is 57.9 Å². The average Bonchev–Trinajstić information content (AvgIpc) is 3.55. The minimum absolute atomic E-state index is 0.142. The molecule has 35 heavy (non-hydrogen) atoms. The van der Waals surface area contributed by atoms with Gasteiger partial charge in [-0.05, 0) is 38.0 Å². The number of rotatable bonds is 6. The molecule has 2 aliphatic heterocycles. The molecule has 1 aromatic heterocycles. The van der Waals surface area contributed by atoms with Gasteiger partial charge in [0.15, 0.2) is 0 Å². The Bertz CT molecular complexity index is 1310. The van der Waals surface area contributed by atoms with Gasteiger partial charge in [-0.15, -0.1) is 0 Å². The van der Waals surface area contributed by atoms with E-state index in [1.54, 1.807) is 25.1 Å². The SMILES string of the molecule is Cc1onc(-c2ccccc2)c1C(=O)Nc1cc(S(=O)(=O)N2CCOCC2)ccc1N1CCCC1. The average molecular weight is 497 g/mol. The topological polar surface area (TPSA) is 105 Å². The molecule has 2 aromatic carbocycles. The first kappa shape index (κ1) is 23.5. The molecular weight excluding hydrogens is 468 g/mol. The van der Waals surface area contributed by atoms with Crippen molar-refractivity contribution >= 4 is 27.3 Å². The zero-order chi connectivity index (χ0) is 24.4. The maximum atomic E-state index is 13.5. The van der Waals surface area contributed by atoms with Gasteiger partial charge in [0.2, 0.25) is 10.0 Å². The van der Waals surface area contributed by atoms with Crippen molar-refractivity contribution in [2.75, 3.05) is 49.6 Å². The van der Waals surface area contributed by atoms with Crippen LogP contribution >= 0.6 is 0 Å². The van der Waals surface area contributed by atoms with Gasteiger partial charge in [0.1, 0.15) is 17.0 Å². The number of hydrogen-bond acceptors (Lipinski definition) is 7. The van der Waals surface area contributed by atoms with Gasteiger partial charge in [-0.3, -0.25) is 4.79 Å². The number of carbonyl (C=O) groups is 1. The van der Waals surface area contributed by atoms with E-state index in [0.29, 0.717) is 49.0 Å². The highest BCUT2D eigenvalue weighted by atomic mass is 32.2. The van der Waals surface area contributed by atoms with Gasteiger partial charge in [-0.1, -0.05) is 35.5 Å². The maximum Gasteiger partial charge on any atom is 0.261 e. The normalized spacial score (nSPS) is 17.0. The summed E-state index contributed by atoms with van der Waals surface area (Å²) in [5.74, 6) is -0.00913. The molecule has 9 nitrogen and oxygen atoms in total. The van der Waals surface area contributed by atoms with Crippen molar-refractivity contribution in [3.05, 3.63) is 59.9 Å². The van der Waals surface area contributed by atoms with Crippen molar-refractivity contribution in [3.8, 4) is 11.3 Å². The lowest BCUT2D eigenvalue weighted by Crippen LogP contribution is -2.40. The Labute approximate surface area is 204 Å². The summed E-state index contributed by atoms with van der Waals surface area (Å²) in [6.45, 7) is 4.72. The number of sulfonamides is 1. The maximum absolute atomic E-state index is 13.5. The Hall–Kier alpha value is -3.21. The van der Waals surface area contributed by atoms with Crippen LogP contribution in [0.25, 0.3) is 11.3 Å². The second kappa shape index (κ2) is 9.80. The first-order valence-corrected chi connectivity index (χ1v) is 13.2. The smallest absolute Gasteiger partial charge is 0.261 e. The van der Waals surface area contributed by atoms with E-state index in [4.69, 9.17) is 9.26 Å². The third kappa shape index (κ3) is 4.69. The molecule has 2 saturated heterocycles. The van der Waals surface area contributed by atoms with E-state index in [0.717, 1.165) is 37.2 Å². The van der Waals surface area contributed by atoms with E-state index in [9.17, 15) is 13.2 Å². The van der Waals surface area contributed by atoms with Gasteiger partial charge in [-0.2, -0.15) is 4.31 Å². The first-order valence-electron chi connectivity index (χ1n) is 11.7. The number of ether oxygens (including phenoxy) is 1. The van der Waals surface area contributed by atoms with Crippen molar-refractivity contribution in [1.82, 2.24) is 9.46 Å². The van der Waals surface area contributed by atoms with Crippen LogP contribution in [0.1, 0.15) is 29.0 Å². The quantitative estimate of drug-likeness (QED) is 0.557. The molecule has 0 aliphatic carbocycles. The molecule has 3 aromatic rings. The number of aryl methyl sites for hydroxylation is 1. The van der Waals surface area contributed by atoms with Crippen molar-refractivity contribution in [1.29, 1.82) is 0 Å². The fraction of sp³-hybridized carbons (Fsp3) is 0.360. The third-order valence-corrected chi connectivity index (χ3v) is 8.30. The predicted molar refractivity (Wildman–Crippen MR) is 132 cm³/mol. The number of aromatic nitrogens is 1. The van der Waals surface area contributed by atoms with Gasteiger partial charge >= 0.3 is 0 Å². The summed E-state index contributed by atoms with van der Waals surface area (Å²) in [6.07, 6.45) is 2.09. The van der Waals surface area contributed by atoms with E-state index < -0.39 is 15.9 Å². The van der Waals surface area contributed by atoms with Gasteiger partial charge in [-0.25, -0.2) is 8.42 Å². The summed E-state index contributed by atoms with van der Waals surface area (Å²) in [5.41, 5.74) is 2.78. The molecule has 184 valence electrons. The van der Waals surface area contributed by atoms with Crippen molar-refractivity contribution < 1.29 is 22.5 Å². The number of nitrogens with zero attached hydrogens (tertiary/aromatic N) is 3. The standard InChI is InChI=1S/C25H28N4O5S/c1-18-23(24(27-34-18)19-7-3-2-4-8-19)25(30)26-21-17-20(9-10-22(21)28-11-5-6-12-28)35(31,32)29-13-15-33-16-14-29/h2-4,7-10,17H,5-6,11-16H2,1H3,(H,26,30). The summed E-state index contributed by atoms with van der Waals surface area (Å²) in [7, 11) is -3.72. The number of anilines is 2. The highest BCUT2D eigenvalue weighted by Crippen LogP contribution is 2.34. The number of carbonyl (C=O) groups excluding carboxylic acids is 1. The van der Waals surface area contributed by atoms with Gasteiger partial charge < -0.3 is 19.5 Å². The summed E-state index contributed by atoms with van der Waals surface area (Å²) < 4.78 is 38.7. The molecule has 0 spiro atoms. The third-order valence-electron chi connectivity index (χ3n) is 6.41. The van der Waals surface area contributed by atoms with Gasteiger partial charge in [0.05, 0.1) is 29.5 Å². The second-order valence-electron chi connectivity index (χ2n) is 8.67. The molecule has 1 N–H and O–H groups in total. The van der Waals surface area contributed by atoms with E-state index >= 15 is 0 Å². The summed E-state index contributed by atoms with van der Waals surface area (Å²) in [5, 5.41) is 7.07. The fourth-order valence-electron chi connectivity index (χ4n) is 4.56. The molecule has 2 aliphatic rings. The lowest BCUT2D eigenvalue weighted by molar-refractivity contribution is 0.0730. The van der Waals surface area contributed by atoms with Crippen LogP contribution in [0, 0.1) is 6.92 Å². The monoisotopic (exact) mass is 496 g/mol. The predicted octanol–water partition coefficient (Wildman–Crippen LogP) is 3.52. The molecule has 10 heteroatoms. The van der Waals surface area contributed by atoms with Crippen LogP contribution in [0.3, 0.4) is 0 Å². The van der Waals surface area contributed by atoms with Crippen LogP contribution in [0.4, 0.5) is 11.4 Å². The van der Waals surface area contributed by atoms with Crippen LogP contribution in [-0.4, -0.2) is 63.2 Å². The van der Waals surface area contributed by atoms with Crippen molar-refractivity contribution in [2.24, 2.45) is 0 Å². The number of hydrogen-bond donors (Lipinski definition) is 1. The van der Waals surface area contributed by atoms with E-state index in [2.05, 4.69) is 15.4 Å². The van der Waals surface area contributed by atoms with Crippen molar-refractivity contribution in [2.45, 2.75) is 24.7 Å². The van der Waals surface area contributed by atoms with Crippen LogP contribution in [-0.2, 0) is 14.8 Å². The molecule has 0 bridgehead atoms. The summed E-state index contributed by atoms with van der Waals surface area (Å²) in [6, 6.07) is 14.3. The molecule has 5 rings (SSSR count). The molecule has 3 heterocycles. The number of amides is 1. The fourth-order valence-corrected chi connectivity index (χ4v) is 6.00. The Kier molecular flexibility index (Phi) is 6.59. The second-order valence-corrected chi connectivity index (χ2v) is 10.6. The summed E-state index contributed by atoms with van der Waals surface area (Å²) in [4.78, 5) is 15.8. The highest BCUT2D eigenvalue weighted by Gasteiger charge is 2.29. The highest BCUT2D eigenvalue weighted by molar-refractivity contribution is 7.89. The van der Waals surface area contributed by atoms with Gasteiger partial charge in [0, 0.05) is 31.7 Å². The molecule has 0 radical (unpaired) electrons. The molecule has 0 atom stereocenters. The lowest BCUT2D eigenvalue weighted by atomic mass is 10.1. The Morgan fingerprint density at radius 3 is 2.43 bits per heavy atom. The largest absolute Gasteiger partial charge is 0.379 e. The molecular formula is C25H28N4O5S. The Balaban J connectivity index is 1.52. The molecule has 0 saturated carbocycles. The lowest BCUT2D eigenvalue weighted by Gasteiger charge is -2.27. The summed E-state index contributed by atoms with van der Waals surface area (Å²) >= 11 is 0. The molecule has 1 amide bonds. The minimum atomic E-state index is -3.72. The van der Waals surface area contributed by atoms with E-state index in [1.165, 1.54) is 4.31 Å². The number of morpholine rings is 1. The molecule has 0 unspecified atom stereocenters. The molecule has 2 fully saturated rings.